The van der Waals surface area contributed by atoms with E-state index in [1.807, 2.05) is 6.07 Å². The number of carbonyl (C=O) groups is 1. The van der Waals surface area contributed by atoms with E-state index in [-0.39, 0.29) is 6.61 Å². The summed E-state index contributed by atoms with van der Waals surface area (Å²) in [5, 5.41) is 8.65. The summed E-state index contributed by atoms with van der Waals surface area (Å²) in [4.78, 5) is 11.3. The number of benzene rings is 1. The minimum absolute atomic E-state index is 0.154. The van der Waals surface area contributed by atoms with Crippen molar-refractivity contribution in [3.8, 4) is 0 Å². The van der Waals surface area contributed by atoms with Crippen LogP contribution in [0.4, 0.5) is 0 Å². The topological polar surface area (TPSA) is 46.5 Å². The van der Waals surface area contributed by atoms with Crippen molar-refractivity contribution in [2.75, 3.05) is 6.61 Å². The predicted octanol–water partition coefficient (Wildman–Crippen LogP) is 1.22. The van der Waals surface area contributed by atoms with E-state index in [1.165, 1.54) is 0 Å². The molecule has 0 spiro atoms. The Morgan fingerprint density at radius 2 is 2.08 bits per heavy atom. The lowest BCUT2D eigenvalue weighted by atomic mass is 10.2. The van der Waals surface area contributed by atoms with Crippen molar-refractivity contribution in [2.45, 2.75) is 13.0 Å². The van der Waals surface area contributed by atoms with Gasteiger partial charge in [-0.15, -0.1) is 0 Å². The molecule has 0 saturated carbocycles. The minimum atomic E-state index is -0.451. The summed E-state index contributed by atoms with van der Waals surface area (Å²) in [5.41, 5.74) is 0.503. The number of carbonyl (C=O) groups excluding carboxylic acids is 1. The first-order valence-electron chi connectivity index (χ1n) is 4.11. The van der Waals surface area contributed by atoms with Gasteiger partial charge < -0.3 is 9.84 Å². The van der Waals surface area contributed by atoms with Gasteiger partial charge in [-0.2, -0.15) is 0 Å². The third kappa shape index (κ3) is 2.87. The first-order valence-corrected chi connectivity index (χ1v) is 4.11. The zero-order valence-electron chi connectivity index (χ0n) is 7.43. The molecule has 13 heavy (non-hydrogen) atoms. The molecule has 3 nitrogen and oxygen atoms in total. The Balaban J connectivity index is 2.59. The maximum atomic E-state index is 11.3. The van der Waals surface area contributed by atoms with Crippen LogP contribution in [0.15, 0.2) is 30.3 Å². The standard InChI is InChI=1S/C10H12O3/c1-8(7-11)13-10(12)9-5-3-2-4-6-9/h2-6,8,11H,7H2,1H3/t8-/m0/s1. The molecule has 1 aromatic carbocycles. The maximum absolute atomic E-state index is 11.3. The van der Waals surface area contributed by atoms with Crippen LogP contribution in [0.2, 0.25) is 0 Å². The van der Waals surface area contributed by atoms with E-state index in [9.17, 15) is 4.79 Å². The lowest BCUT2D eigenvalue weighted by molar-refractivity contribution is 0.0197. The van der Waals surface area contributed by atoms with Crippen LogP contribution in [0.5, 0.6) is 0 Å². The highest BCUT2D eigenvalue weighted by molar-refractivity contribution is 5.89. The van der Waals surface area contributed by atoms with E-state index in [2.05, 4.69) is 0 Å². The lowest BCUT2D eigenvalue weighted by Crippen LogP contribution is -2.18. The number of aliphatic hydroxyl groups excluding tert-OH is 1. The van der Waals surface area contributed by atoms with Gasteiger partial charge >= 0.3 is 5.97 Å². The molecule has 70 valence electrons. The Hall–Kier alpha value is -1.35. The van der Waals surface area contributed by atoms with Crippen molar-refractivity contribution in [3.63, 3.8) is 0 Å². The molecule has 0 amide bonds. The van der Waals surface area contributed by atoms with E-state index in [0.29, 0.717) is 5.56 Å². The van der Waals surface area contributed by atoms with Crippen LogP contribution < -0.4 is 0 Å². The Labute approximate surface area is 77.0 Å². The van der Waals surface area contributed by atoms with Crippen LogP contribution in [0, 0.1) is 0 Å². The number of rotatable bonds is 3. The highest BCUT2D eigenvalue weighted by atomic mass is 16.5. The molecular formula is C10H12O3. The molecule has 0 fully saturated rings. The summed E-state index contributed by atoms with van der Waals surface area (Å²) < 4.78 is 4.90. The van der Waals surface area contributed by atoms with Gasteiger partial charge in [0.05, 0.1) is 12.2 Å². The van der Waals surface area contributed by atoms with Crippen LogP contribution in [-0.4, -0.2) is 23.8 Å². The van der Waals surface area contributed by atoms with Gasteiger partial charge in [0.1, 0.15) is 6.10 Å². The monoisotopic (exact) mass is 180 g/mol. The van der Waals surface area contributed by atoms with Gasteiger partial charge in [-0.1, -0.05) is 18.2 Å². The highest BCUT2D eigenvalue weighted by Crippen LogP contribution is 2.02. The molecule has 1 rings (SSSR count). The molecule has 0 heterocycles. The van der Waals surface area contributed by atoms with E-state index in [0.717, 1.165) is 0 Å². The molecule has 0 radical (unpaired) electrons. The van der Waals surface area contributed by atoms with Crippen LogP contribution >= 0.6 is 0 Å². The number of hydrogen-bond acceptors (Lipinski definition) is 3. The Morgan fingerprint density at radius 3 is 2.62 bits per heavy atom. The van der Waals surface area contributed by atoms with E-state index in [1.54, 1.807) is 31.2 Å². The Bertz CT molecular complexity index is 269. The summed E-state index contributed by atoms with van der Waals surface area (Å²) in [5.74, 6) is -0.401. The average Bonchev–Trinajstić information content (AvgIpc) is 2.19. The molecule has 0 aliphatic heterocycles. The summed E-state index contributed by atoms with van der Waals surface area (Å²) in [6, 6.07) is 8.70. The Kier molecular flexibility index (Phi) is 3.46. The maximum Gasteiger partial charge on any atom is 0.338 e. The molecule has 0 aliphatic rings. The van der Waals surface area contributed by atoms with E-state index in [4.69, 9.17) is 9.84 Å². The molecular weight excluding hydrogens is 168 g/mol. The van der Waals surface area contributed by atoms with Crippen molar-refractivity contribution >= 4 is 5.97 Å². The smallest absolute Gasteiger partial charge is 0.338 e. The normalized spacial score (nSPS) is 12.2. The second-order valence-electron chi connectivity index (χ2n) is 2.76. The summed E-state index contributed by atoms with van der Waals surface area (Å²) in [7, 11) is 0. The van der Waals surface area contributed by atoms with Crippen LogP contribution in [-0.2, 0) is 4.74 Å². The van der Waals surface area contributed by atoms with Gasteiger partial charge in [-0.25, -0.2) is 4.79 Å². The van der Waals surface area contributed by atoms with Gasteiger partial charge in [0.2, 0.25) is 0 Å². The average molecular weight is 180 g/mol. The number of aliphatic hydroxyl groups is 1. The predicted molar refractivity (Wildman–Crippen MR) is 48.4 cm³/mol. The minimum Gasteiger partial charge on any atom is -0.457 e. The van der Waals surface area contributed by atoms with Crippen molar-refractivity contribution in [3.05, 3.63) is 35.9 Å². The summed E-state index contributed by atoms with van der Waals surface area (Å²) in [6.07, 6.45) is -0.451. The van der Waals surface area contributed by atoms with Crippen molar-refractivity contribution in [1.82, 2.24) is 0 Å². The third-order valence-electron chi connectivity index (χ3n) is 1.57. The fraction of sp³-hybridized carbons (Fsp3) is 0.300. The van der Waals surface area contributed by atoms with Gasteiger partial charge in [0.15, 0.2) is 0 Å². The van der Waals surface area contributed by atoms with Gasteiger partial charge in [0, 0.05) is 0 Å². The molecule has 0 aromatic heterocycles. The number of ether oxygens (including phenoxy) is 1. The second-order valence-corrected chi connectivity index (χ2v) is 2.76. The van der Waals surface area contributed by atoms with Crippen LogP contribution in [0.1, 0.15) is 17.3 Å². The largest absolute Gasteiger partial charge is 0.457 e. The lowest BCUT2D eigenvalue weighted by Gasteiger charge is -2.09. The number of esters is 1. The summed E-state index contributed by atoms with van der Waals surface area (Å²) in [6.45, 7) is 1.49. The highest BCUT2D eigenvalue weighted by Gasteiger charge is 2.09. The molecule has 0 saturated heterocycles. The molecule has 3 heteroatoms. The van der Waals surface area contributed by atoms with E-state index >= 15 is 0 Å². The Morgan fingerprint density at radius 1 is 1.46 bits per heavy atom. The molecule has 1 aromatic rings. The first-order chi connectivity index (χ1) is 6.24. The van der Waals surface area contributed by atoms with Crippen LogP contribution in [0.25, 0.3) is 0 Å². The second kappa shape index (κ2) is 4.62. The molecule has 0 aliphatic carbocycles. The van der Waals surface area contributed by atoms with Gasteiger partial charge in [-0.3, -0.25) is 0 Å². The van der Waals surface area contributed by atoms with Gasteiger partial charge in [0.25, 0.3) is 0 Å². The molecule has 1 atom stereocenters. The fourth-order valence-electron chi connectivity index (χ4n) is 0.862. The SMILES string of the molecule is C[C@@H](CO)OC(=O)c1ccccc1. The zero-order chi connectivity index (χ0) is 9.68. The first kappa shape index (κ1) is 9.74. The van der Waals surface area contributed by atoms with Crippen molar-refractivity contribution in [2.24, 2.45) is 0 Å². The number of hydrogen-bond donors (Lipinski definition) is 1. The van der Waals surface area contributed by atoms with E-state index < -0.39 is 12.1 Å². The molecule has 1 N–H and O–H groups in total. The summed E-state index contributed by atoms with van der Waals surface area (Å²) >= 11 is 0. The third-order valence-corrected chi connectivity index (χ3v) is 1.57. The molecule has 0 bridgehead atoms. The fourth-order valence-corrected chi connectivity index (χ4v) is 0.862. The zero-order valence-corrected chi connectivity index (χ0v) is 7.43. The van der Waals surface area contributed by atoms with Crippen molar-refractivity contribution < 1.29 is 14.6 Å². The quantitative estimate of drug-likeness (QED) is 0.711. The van der Waals surface area contributed by atoms with Gasteiger partial charge in [-0.05, 0) is 19.1 Å². The van der Waals surface area contributed by atoms with Crippen molar-refractivity contribution in [1.29, 1.82) is 0 Å². The van der Waals surface area contributed by atoms with Crippen LogP contribution in [0.3, 0.4) is 0 Å². The molecule has 0 unspecified atom stereocenters.